The minimum atomic E-state index is -0.544. The molecule has 1 saturated heterocycles. The molecule has 1 amide bonds. The van der Waals surface area contributed by atoms with Gasteiger partial charge in [-0.2, -0.15) is 4.98 Å². The van der Waals surface area contributed by atoms with E-state index in [-0.39, 0.29) is 23.2 Å². The standard InChI is InChI=1S/C29H26N8O3/c1-17(33-25-21(16-32-29(30)35-25)27(38)36-13-14-36)26-34-22-10-6-9-20(18-11-12-31-23(15-18)40-2)24(22)28(39)37(26)19-7-4-3-5-8-19/h3-12,15-17H,13-14H2,1-2H3,(H3,30,32,33,35)/t17-/m0/s1. The van der Waals surface area contributed by atoms with Gasteiger partial charge >= 0.3 is 0 Å². The molecule has 11 heteroatoms. The van der Waals surface area contributed by atoms with E-state index in [0.29, 0.717) is 52.5 Å². The Labute approximate surface area is 229 Å². The van der Waals surface area contributed by atoms with E-state index in [2.05, 4.69) is 20.3 Å². The molecule has 2 aromatic carbocycles. The predicted octanol–water partition coefficient (Wildman–Crippen LogP) is 3.46. The van der Waals surface area contributed by atoms with Gasteiger partial charge in [0.15, 0.2) is 0 Å². The van der Waals surface area contributed by atoms with Crippen LogP contribution in [0.2, 0.25) is 0 Å². The van der Waals surface area contributed by atoms with Crippen molar-refractivity contribution in [3.05, 3.63) is 94.8 Å². The molecule has 1 aliphatic heterocycles. The molecule has 1 fully saturated rings. The molecule has 40 heavy (non-hydrogen) atoms. The summed E-state index contributed by atoms with van der Waals surface area (Å²) in [4.78, 5) is 46.3. The van der Waals surface area contributed by atoms with Crippen LogP contribution in [0.5, 0.6) is 5.88 Å². The number of rotatable bonds is 7. The molecule has 1 aliphatic rings. The Bertz CT molecular complexity index is 1800. The maximum Gasteiger partial charge on any atom is 0.266 e. The number of carbonyl (C=O) groups excluding carboxylic acids is 1. The summed E-state index contributed by atoms with van der Waals surface area (Å²) < 4.78 is 6.89. The number of nitrogens with zero attached hydrogens (tertiary/aromatic N) is 6. The van der Waals surface area contributed by atoms with Crippen LogP contribution in [0.3, 0.4) is 0 Å². The normalized spacial score (nSPS) is 13.2. The first-order valence-electron chi connectivity index (χ1n) is 12.7. The van der Waals surface area contributed by atoms with Crippen molar-refractivity contribution in [1.29, 1.82) is 0 Å². The zero-order chi connectivity index (χ0) is 27.8. The molecule has 5 aromatic rings. The highest BCUT2D eigenvalue weighted by Crippen LogP contribution is 2.30. The lowest BCUT2D eigenvalue weighted by Crippen LogP contribution is -2.28. The highest BCUT2D eigenvalue weighted by atomic mass is 16.5. The van der Waals surface area contributed by atoms with Gasteiger partial charge in [-0.25, -0.2) is 15.0 Å². The summed E-state index contributed by atoms with van der Waals surface area (Å²) in [7, 11) is 1.55. The topological polar surface area (TPSA) is 141 Å². The van der Waals surface area contributed by atoms with Gasteiger partial charge < -0.3 is 20.7 Å². The molecular formula is C29H26N8O3. The molecule has 3 aromatic heterocycles. The summed E-state index contributed by atoms with van der Waals surface area (Å²) >= 11 is 0. The maximum atomic E-state index is 14.3. The van der Waals surface area contributed by atoms with Gasteiger partial charge in [0, 0.05) is 31.5 Å². The number of nitrogens with two attached hydrogens (primary N) is 1. The van der Waals surface area contributed by atoms with Crippen molar-refractivity contribution in [2.75, 3.05) is 31.2 Å². The van der Waals surface area contributed by atoms with Crippen molar-refractivity contribution in [3.8, 4) is 22.7 Å². The van der Waals surface area contributed by atoms with Crippen LogP contribution in [-0.2, 0) is 0 Å². The van der Waals surface area contributed by atoms with Crippen LogP contribution >= 0.6 is 0 Å². The number of ether oxygens (including phenoxy) is 1. The Balaban J connectivity index is 1.53. The molecule has 0 unspecified atom stereocenters. The lowest BCUT2D eigenvalue weighted by atomic mass is 10.0. The lowest BCUT2D eigenvalue weighted by Gasteiger charge is -2.21. The number of carbonyl (C=O) groups is 1. The first kappa shape index (κ1) is 25.0. The first-order chi connectivity index (χ1) is 19.4. The Morgan fingerprint density at radius 1 is 1.05 bits per heavy atom. The number of pyridine rings is 1. The number of nitrogen functional groups attached to an aromatic ring is 1. The van der Waals surface area contributed by atoms with Gasteiger partial charge in [-0.15, -0.1) is 0 Å². The lowest BCUT2D eigenvalue weighted by molar-refractivity contribution is 0.0885. The number of aromatic nitrogens is 5. The van der Waals surface area contributed by atoms with Crippen LogP contribution in [0.15, 0.2) is 77.9 Å². The number of nitrogens with one attached hydrogen (secondary N) is 1. The van der Waals surface area contributed by atoms with Gasteiger partial charge in [-0.05, 0) is 42.3 Å². The molecule has 11 nitrogen and oxygen atoms in total. The van der Waals surface area contributed by atoms with Gasteiger partial charge in [0.25, 0.3) is 11.5 Å². The molecule has 3 N–H and O–H groups in total. The highest BCUT2D eigenvalue weighted by Gasteiger charge is 2.29. The van der Waals surface area contributed by atoms with Crippen LogP contribution in [0.25, 0.3) is 27.7 Å². The monoisotopic (exact) mass is 534 g/mol. The summed E-state index contributed by atoms with van der Waals surface area (Å²) in [6.45, 7) is 3.22. The van der Waals surface area contributed by atoms with Crippen molar-refractivity contribution >= 4 is 28.6 Å². The second kappa shape index (κ2) is 10.1. The zero-order valence-electron chi connectivity index (χ0n) is 21.9. The smallest absolute Gasteiger partial charge is 0.266 e. The van der Waals surface area contributed by atoms with Gasteiger partial charge in [-0.1, -0.05) is 30.3 Å². The molecule has 4 heterocycles. The Morgan fingerprint density at radius 2 is 1.85 bits per heavy atom. The predicted molar refractivity (Wildman–Crippen MR) is 152 cm³/mol. The van der Waals surface area contributed by atoms with Crippen LogP contribution in [0, 0.1) is 0 Å². The summed E-state index contributed by atoms with van der Waals surface area (Å²) in [6.07, 6.45) is 3.06. The summed E-state index contributed by atoms with van der Waals surface area (Å²) in [5.41, 5.74) is 8.61. The highest BCUT2D eigenvalue weighted by molar-refractivity contribution is 6.00. The molecule has 200 valence electrons. The van der Waals surface area contributed by atoms with E-state index in [4.69, 9.17) is 15.5 Å². The second-order valence-electron chi connectivity index (χ2n) is 9.38. The average Bonchev–Trinajstić information content (AvgIpc) is 3.83. The number of para-hydroxylation sites is 1. The van der Waals surface area contributed by atoms with E-state index in [1.807, 2.05) is 61.5 Å². The first-order valence-corrected chi connectivity index (χ1v) is 12.7. The van der Waals surface area contributed by atoms with Crippen molar-refractivity contribution < 1.29 is 9.53 Å². The van der Waals surface area contributed by atoms with Crippen molar-refractivity contribution in [1.82, 2.24) is 29.4 Å². The number of methoxy groups -OCH3 is 1. The van der Waals surface area contributed by atoms with Crippen molar-refractivity contribution in [3.63, 3.8) is 0 Å². The number of benzene rings is 2. The summed E-state index contributed by atoms with van der Waals surface area (Å²) in [5.74, 6) is 1.01. The fraction of sp³-hybridized carbons (Fsp3) is 0.172. The third-order valence-corrected chi connectivity index (χ3v) is 6.71. The van der Waals surface area contributed by atoms with Gasteiger partial charge in [0.2, 0.25) is 11.8 Å². The van der Waals surface area contributed by atoms with Crippen molar-refractivity contribution in [2.45, 2.75) is 13.0 Å². The van der Waals surface area contributed by atoms with E-state index < -0.39 is 6.04 Å². The number of amides is 1. The van der Waals surface area contributed by atoms with Crippen molar-refractivity contribution in [2.24, 2.45) is 0 Å². The van der Waals surface area contributed by atoms with E-state index in [1.54, 1.807) is 28.8 Å². The molecule has 0 saturated carbocycles. The van der Waals surface area contributed by atoms with E-state index in [1.165, 1.54) is 6.20 Å². The molecular weight excluding hydrogens is 508 g/mol. The minimum absolute atomic E-state index is 0.0291. The second-order valence-corrected chi connectivity index (χ2v) is 9.38. The Morgan fingerprint density at radius 3 is 2.60 bits per heavy atom. The number of hydrogen-bond donors (Lipinski definition) is 2. The van der Waals surface area contributed by atoms with Crippen LogP contribution < -0.4 is 21.3 Å². The summed E-state index contributed by atoms with van der Waals surface area (Å²) in [5, 5.41) is 3.73. The molecule has 0 spiro atoms. The van der Waals surface area contributed by atoms with Crippen LogP contribution in [0.4, 0.5) is 11.8 Å². The van der Waals surface area contributed by atoms with Crippen LogP contribution in [-0.4, -0.2) is 55.5 Å². The zero-order valence-corrected chi connectivity index (χ0v) is 21.9. The van der Waals surface area contributed by atoms with Crippen LogP contribution in [0.1, 0.15) is 29.1 Å². The quantitative estimate of drug-likeness (QED) is 0.300. The van der Waals surface area contributed by atoms with E-state index in [0.717, 1.165) is 5.56 Å². The molecule has 0 radical (unpaired) electrons. The number of fused-ring (bicyclic) bond motifs is 1. The minimum Gasteiger partial charge on any atom is -0.481 e. The molecule has 0 aliphatic carbocycles. The molecule has 6 rings (SSSR count). The fourth-order valence-electron chi connectivity index (χ4n) is 4.65. The molecule has 1 atom stereocenters. The molecule has 0 bridgehead atoms. The van der Waals surface area contributed by atoms with Gasteiger partial charge in [0.1, 0.15) is 17.2 Å². The fourth-order valence-corrected chi connectivity index (χ4v) is 4.65. The third kappa shape index (κ3) is 4.57. The van der Waals surface area contributed by atoms with E-state index >= 15 is 0 Å². The Kier molecular flexibility index (Phi) is 6.31. The van der Waals surface area contributed by atoms with Gasteiger partial charge in [0.05, 0.1) is 29.7 Å². The number of hydrogen-bond acceptors (Lipinski definition) is 9. The number of anilines is 2. The SMILES string of the molecule is COc1cc(-c2cccc3nc([C@H](C)Nc4nc(N)ncc4C(=O)N4CC4)n(-c4ccccc4)c(=O)c23)ccn1. The maximum absolute atomic E-state index is 14.3. The largest absolute Gasteiger partial charge is 0.481 e. The summed E-state index contributed by atoms with van der Waals surface area (Å²) in [6, 6.07) is 17.9. The Hall–Kier alpha value is -5.32. The van der Waals surface area contributed by atoms with E-state index in [9.17, 15) is 9.59 Å². The average molecular weight is 535 g/mol. The van der Waals surface area contributed by atoms with Gasteiger partial charge in [-0.3, -0.25) is 14.2 Å². The third-order valence-electron chi connectivity index (χ3n) is 6.71.